The van der Waals surface area contributed by atoms with Gasteiger partial charge in [-0.25, -0.2) is 0 Å². The van der Waals surface area contributed by atoms with E-state index in [0.717, 1.165) is 0 Å². The van der Waals surface area contributed by atoms with Gasteiger partial charge in [0.15, 0.2) is 0 Å². The van der Waals surface area contributed by atoms with Crippen molar-refractivity contribution in [3.63, 3.8) is 0 Å². The van der Waals surface area contributed by atoms with Gasteiger partial charge in [0, 0.05) is 6.92 Å². The lowest BCUT2D eigenvalue weighted by molar-refractivity contribution is -0.148. The monoisotopic (exact) mass is 170 g/mol. The third-order valence-corrected chi connectivity index (χ3v) is 2.67. The SMILES string of the molecule is CC(=O)O[C@@H](C)C1CCCCC1. The van der Waals surface area contributed by atoms with Gasteiger partial charge in [0.1, 0.15) is 6.10 Å². The Hall–Kier alpha value is -0.530. The standard InChI is InChI=1S/C10H18O2/c1-8(12-9(2)11)10-6-4-3-5-7-10/h8,10H,3-7H2,1-2H3/t8-/m0/s1. The largest absolute Gasteiger partial charge is 0.463 e. The molecule has 2 heteroatoms. The number of ether oxygens (including phenoxy) is 1. The summed E-state index contributed by atoms with van der Waals surface area (Å²) in [6, 6.07) is 0. The summed E-state index contributed by atoms with van der Waals surface area (Å²) in [5.41, 5.74) is 0. The van der Waals surface area contributed by atoms with Crippen molar-refractivity contribution in [1.82, 2.24) is 0 Å². The van der Waals surface area contributed by atoms with Crippen LogP contribution in [0.3, 0.4) is 0 Å². The fourth-order valence-electron chi connectivity index (χ4n) is 1.96. The number of esters is 1. The van der Waals surface area contributed by atoms with Gasteiger partial charge >= 0.3 is 5.97 Å². The van der Waals surface area contributed by atoms with Crippen molar-refractivity contribution in [3.8, 4) is 0 Å². The first-order chi connectivity index (χ1) is 5.70. The summed E-state index contributed by atoms with van der Waals surface area (Å²) < 4.78 is 5.15. The van der Waals surface area contributed by atoms with Crippen LogP contribution in [-0.2, 0) is 9.53 Å². The predicted octanol–water partition coefficient (Wildman–Crippen LogP) is 2.52. The Balaban J connectivity index is 2.29. The van der Waals surface area contributed by atoms with Crippen LogP contribution in [0, 0.1) is 5.92 Å². The van der Waals surface area contributed by atoms with Crippen molar-refractivity contribution in [2.45, 2.75) is 52.1 Å². The van der Waals surface area contributed by atoms with Gasteiger partial charge in [-0.15, -0.1) is 0 Å². The van der Waals surface area contributed by atoms with Crippen LogP contribution in [0.25, 0.3) is 0 Å². The summed E-state index contributed by atoms with van der Waals surface area (Å²) in [6.07, 6.45) is 6.54. The molecule has 2 nitrogen and oxygen atoms in total. The van der Waals surface area contributed by atoms with Crippen LogP contribution in [0.1, 0.15) is 46.0 Å². The molecule has 0 saturated heterocycles. The molecule has 0 unspecified atom stereocenters. The average molecular weight is 170 g/mol. The van der Waals surface area contributed by atoms with E-state index in [9.17, 15) is 4.79 Å². The van der Waals surface area contributed by atoms with E-state index in [4.69, 9.17) is 4.74 Å². The summed E-state index contributed by atoms with van der Waals surface area (Å²) in [4.78, 5) is 10.7. The summed E-state index contributed by atoms with van der Waals surface area (Å²) in [5, 5.41) is 0. The molecule has 0 aromatic heterocycles. The molecule has 0 aromatic rings. The summed E-state index contributed by atoms with van der Waals surface area (Å²) in [6.45, 7) is 3.50. The third-order valence-electron chi connectivity index (χ3n) is 2.67. The second-order valence-electron chi connectivity index (χ2n) is 3.71. The van der Waals surface area contributed by atoms with Crippen molar-refractivity contribution < 1.29 is 9.53 Å². The number of hydrogen-bond donors (Lipinski definition) is 0. The van der Waals surface area contributed by atoms with Crippen molar-refractivity contribution in [2.75, 3.05) is 0 Å². The molecule has 1 rings (SSSR count). The van der Waals surface area contributed by atoms with Gasteiger partial charge in [0.25, 0.3) is 0 Å². The third kappa shape index (κ3) is 2.84. The molecule has 70 valence electrons. The van der Waals surface area contributed by atoms with Crippen molar-refractivity contribution >= 4 is 5.97 Å². The summed E-state index contributed by atoms with van der Waals surface area (Å²) in [7, 11) is 0. The predicted molar refractivity (Wildman–Crippen MR) is 47.8 cm³/mol. The van der Waals surface area contributed by atoms with Gasteiger partial charge in [-0.3, -0.25) is 4.79 Å². The number of rotatable bonds is 2. The minimum absolute atomic E-state index is 0.128. The van der Waals surface area contributed by atoms with E-state index in [1.165, 1.54) is 39.0 Å². The highest BCUT2D eigenvalue weighted by Crippen LogP contribution is 2.27. The zero-order valence-electron chi connectivity index (χ0n) is 8.01. The Morgan fingerprint density at radius 2 is 1.92 bits per heavy atom. The Kier molecular flexibility index (Phi) is 3.57. The van der Waals surface area contributed by atoms with E-state index < -0.39 is 0 Å². The van der Waals surface area contributed by atoms with Gasteiger partial charge in [-0.05, 0) is 25.7 Å². The van der Waals surface area contributed by atoms with Crippen LogP contribution in [-0.4, -0.2) is 12.1 Å². The molecule has 1 aliphatic carbocycles. The number of hydrogen-bond acceptors (Lipinski definition) is 2. The van der Waals surface area contributed by atoms with Gasteiger partial charge in [0.2, 0.25) is 0 Å². The topological polar surface area (TPSA) is 26.3 Å². The van der Waals surface area contributed by atoms with Gasteiger partial charge in [-0.2, -0.15) is 0 Å². The second-order valence-corrected chi connectivity index (χ2v) is 3.71. The van der Waals surface area contributed by atoms with Gasteiger partial charge in [-0.1, -0.05) is 19.3 Å². The Labute approximate surface area is 74.3 Å². The molecule has 0 bridgehead atoms. The van der Waals surface area contributed by atoms with E-state index in [0.29, 0.717) is 5.92 Å². The second kappa shape index (κ2) is 4.48. The fourth-order valence-corrected chi connectivity index (χ4v) is 1.96. The zero-order valence-corrected chi connectivity index (χ0v) is 8.01. The van der Waals surface area contributed by atoms with E-state index in [1.807, 2.05) is 6.92 Å². The van der Waals surface area contributed by atoms with Gasteiger partial charge < -0.3 is 4.74 Å². The van der Waals surface area contributed by atoms with Crippen LogP contribution in [0.5, 0.6) is 0 Å². The molecule has 0 radical (unpaired) electrons. The molecular weight excluding hydrogens is 152 g/mol. The maximum absolute atomic E-state index is 10.7. The molecule has 1 atom stereocenters. The highest BCUT2D eigenvalue weighted by atomic mass is 16.5. The molecule has 12 heavy (non-hydrogen) atoms. The van der Waals surface area contributed by atoms with Crippen molar-refractivity contribution in [2.24, 2.45) is 5.92 Å². The minimum Gasteiger partial charge on any atom is -0.463 e. The first kappa shape index (κ1) is 9.56. The lowest BCUT2D eigenvalue weighted by Crippen LogP contribution is -2.24. The molecule has 1 aliphatic rings. The smallest absolute Gasteiger partial charge is 0.302 e. The number of carbonyl (C=O) groups excluding carboxylic acids is 1. The van der Waals surface area contributed by atoms with Crippen LogP contribution < -0.4 is 0 Å². The molecule has 0 spiro atoms. The zero-order chi connectivity index (χ0) is 8.97. The highest BCUT2D eigenvalue weighted by molar-refractivity contribution is 5.66. The minimum atomic E-state index is -0.145. The number of carbonyl (C=O) groups is 1. The van der Waals surface area contributed by atoms with Crippen molar-refractivity contribution in [1.29, 1.82) is 0 Å². The summed E-state index contributed by atoms with van der Waals surface area (Å²) in [5.74, 6) is 0.468. The molecule has 0 amide bonds. The Morgan fingerprint density at radius 3 is 2.42 bits per heavy atom. The van der Waals surface area contributed by atoms with Crippen LogP contribution in [0.2, 0.25) is 0 Å². The molecule has 0 aromatic carbocycles. The molecule has 0 N–H and O–H groups in total. The lowest BCUT2D eigenvalue weighted by Gasteiger charge is -2.26. The van der Waals surface area contributed by atoms with E-state index >= 15 is 0 Å². The van der Waals surface area contributed by atoms with Gasteiger partial charge in [0.05, 0.1) is 0 Å². The normalized spacial score (nSPS) is 21.8. The maximum atomic E-state index is 10.7. The average Bonchev–Trinajstić information content (AvgIpc) is 2.05. The molecular formula is C10H18O2. The first-order valence-corrected chi connectivity index (χ1v) is 4.87. The molecule has 0 aliphatic heterocycles. The quantitative estimate of drug-likeness (QED) is 0.595. The molecule has 1 saturated carbocycles. The Bertz CT molecular complexity index is 148. The van der Waals surface area contributed by atoms with E-state index in [-0.39, 0.29) is 12.1 Å². The first-order valence-electron chi connectivity index (χ1n) is 4.87. The van der Waals surface area contributed by atoms with Crippen LogP contribution in [0.15, 0.2) is 0 Å². The maximum Gasteiger partial charge on any atom is 0.302 e. The van der Waals surface area contributed by atoms with Crippen LogP contribution in [0.4, 0.5) is 0 Å². The van der Waals surface area contributed by atoms with E-state index in [1.54, 1.807) is 0 Å². The summed E-state index contributed by atoms with van der Waals surface area (Å²) >= 11 is 0. The highest BCUT2D eigenvalue weighted by Gasteiger charge is 2.21. The van der Waals surface area contributed by atoms with Crippen LogP contribution >= 0.6 is 0 Å². The molecule has 0 heterocycles. The van der Waals surface area contributed by atoms with E-state index in [2.05, 4.69) is 0 Å². The lowest BCUT2D eigenvalue weighted by atomic mass is 9.86. The fraction of sp³-hybridized carbons (Fsp3) is 0.900. The Morgan fingerprint density at radius 1 is 1.33 bits per heavy atom. The molecule has 1 fully saturated rings. The van der Waals surface area contributed by atoms with Crippen molar-refractivity contribution in [3.05, 3.63) is 0 Å².